The topological polar surface area (TPSA) is 76.0 Å². The van der Waals surface area contributed by atoms with Gasteiger partial charge in [-0.15, -0.1) is 0 Å². The van der Waals surface area contributed by atoms with E-state index in [1.165, 1.54) is 0 Å². The number of carbonyl (C=O) groups is 1. The molecule has 0 saturated carbocycles. The van der Waals surface area contributed by atoms with Gasteiger partial charge in [-0.25, -0.2) is 4.79 Å². The number of rotatable bonds is 2. The Bertz CT molecular complexity index is 65.4. The smallest absolute Gasteiger partial charge is 0.407 e. The Morgan fingerprint density at radius 3 is 1.45 bits per heavy atom. The van der Waals surface area contributed by atoms with Gasteiger partial charge in [0.1, 0.15) is 0 Å². The van der Waals surface area contributed by atoms with Crippen LogP contribution in [-0.4, -0.2) is 30.0 Å². The van der Waals surface area contributed by atoms with Crippen LogP contribution in [-0.2, 0) is 9.47 Å². The molecule has 0 amide bonds. The second kappa shape index (κ2) is 16.1. The van der Waals surface area contributed by atoms with Crippen LogP contribution < -0.4 is 0 Å². The van der Waals surface area contributed by atoms with Gasteiger partial charge in [0.25, 0.3) is 0 Å². The van der Waals surface area contributed by atoms with Crippen LogP contribution in [0.4, 0.5) is 4.79 Å². The van der Waals surface area contributed by atoms with Gasteiger partial charge in [0.05, 0.1) is 0 Å². The first-order chi connectivity index (χ1) is 3.81. The fourth-order valence-electron chi connectivity index (χ4n) is 0.147. The molecule has 0 rings (SSSR count). The number of hydrogen-bond donors (Lipinski definition) is 2. The van der Waals surface area contributed by atoms with Crippen molar-refractivity contribution in [1.82, 2.24) is 0 Å². The number of aliphatic hydroxyl groups is 2. The van der Waals surface area contributed by atoms with E-state index in [-0.39, 0.29) is 22.3 Å². The second-order valence-corrected chi connectivity index (χ2v) is 0.797. The predicted molar refractivity (Wildman–Crippen MR) is 41.9 cm³/mol. The summed E-state index contributed by atoms with van der Waals surface area (Å²) >= 11 is 0. The zero-order chi connectivity index (χ0) is 6.41. The van der Waals surface area contributed by atoms with E-state index in [0.717, 1.165) is 0 Å². The Kier molecular flexibility index (Phi) is 32.8. The molecule has 11 heavy (non-hydrogen) atoms. The van der Waals surface area contributed by atoms with Gasteiger partial charge in [0.2, 0.25) is 0 Å². The maximum absolute atomic E-state index is 9.88. The summed E-state index contributed by atoms with van der Waals surface area (Å²) in [6, 6.07) is 0. The summed E-state index contributed by atoms with van der Waals surface area (Å²) in [6.45, 7) is -1.47. The lowest BCUT2D eigenvalue weighted by atomic mass is 11.2. The van der Waals surface area contributed by atoms with E-state index in [1.807, 2.05) is 0 Å². The maximum Gasteiger partial charge on any atom is 0.512 e. The molecule has 0 bridgehead atoms. The molecule has 2 N–H and O–H groups in total. The third kappa shape index (κ3) is 17.6. The van der Waals surface area contributed by atoms with Crippen LogP contribution in [0.2, 0.25) is 0 Å². The highest BCUT2D eigenvalue weighted by molar-refractivity contribution is 5.59. The quantitative estimate of drug-likeness (QED) is 0.476. The SMILES string of the molecule is C.C.C.O=C(OCO)OCO. The van der Waals surface area contributed by atoms with Gasteiger partial charge in [-0.2, -0.15) is 0 Å². The van der Waals surface area contributed by atoms with Crippen LogP contribution >= 0.6 is 0 Å². The Labute approximate surface area is 67.6 Å². The van der Waals surface area contributed by atoms with E-state index in [4.69, 9.17) is 10.2 Å². The van der Waals surface area contributed by atoms with Crippen LogP contribution in [0.15, 0.2) is 0 Å². The molecule has 0 radical (unpaired) electrons. The van der Waals surface area contributed by atoms with Crippen molar-refractivity contribution in [3.8, 4) is 0 Å². The predicted octanol–water partition coefficient (Wildman–Crippen LogP) is 0.947. The third-order valence-electron chi connectivity index (χ3n) is 0.365. The average molecular weight is 170 g/mol. The van der Waals surface area contributed by atoms with Gasteiger partial charge in [-0.1, -0.05) is 22.3 Å². The zero-order valence-electron chi connectivity index (χ0n) is 4.03. The lowest BCUT2D eigenvalue weighted by molar-refractivity contribution is -0.0389. The van der Waals surface area contributed by atoms with Crippen molar-refractivity contribution < 1.29 is 24.5 Å². The molecule has 5 heteroatoms. The largest absolute Gasteiger partial charge is 0.512 e. The highest BCUT2D eigenvalue weighted by Crippen LogP contribution is 1.79. The molecule has 0 aromatic carbocycles. The van der Waals surface area contributed by atoms with E-state index < -0.39 is 19.7 Å². The van der Waals surface area contributed by atoms with Gasteiger partial charge >= 0.3 is 6.16 Å². The van der Waals surface area contributed by atoms with Crippen LogP contribution in [0, 0.1) is 0 Å². The van der Waals surface area contributed by atoms with E-state index in [1.54, 1.807) is 0 Å². The van der Waals surface area contributed by atoms with Crippen molar-refractivity contribution in [2.75, 3.05) is 13.6 Å². The van der Waals surface area contributed by atoms with Crippen LogP contribution in [0.25, 0.3) is 0 Å². The van der Waals surface area contributed by atoms with Gasteiger partial charge in [0.15, 0.2) is 13.6 Å². The van der Waals surface area contributed by atoms with E-state index >= 15 is 0 Å². The molecule has 0 aromatic rings. The van der Waals surface area contributed by atoms with Crippen LogP contribution in [0.5, 0.6) is 0 Å². The van der Waals surface area contributed by atoms with E-state index in [0.29, 0.717) is 0 Å². The summed E-state index contributed by atoms with van der Waals surface area (Å²) < 4.78 is 7.63. The third-order valence-corrected chi connectivity index (χ3v) is 0.365. The molecule has 5 nitrogen and oxygen atoms in total. The monoisotopic (exact) mass is 170 g/mol. The minimum atomic E-state index is -1.09. The summed E-state index contributed by atoms with van der Waals surface area (Å²) in [5.74, 6) is 0. The Morgan fingerprint density at radius 2 is 1.27 bits per heavy atom. The van der Waals surface area contributed by atoms with Crippen LogP contribution in [0.3, 0.4) is 0 Å². The normalized spacial score (nSPS) is 6.00. The molecule has 0 heterocycles. The van der Waals surface area contributed by atoms with E-state index in [9.17, 15) is 4.79 Å². The minimum Gasteiger partial charge on any atom is -0.407 e. The summed E-state index contributed by atoms with van der Waals surface area (Å²) in [6.07, 6.45) is -1.09. The van der Waals surface area contributed by atoms with Crippen molar-refractivity contribution >= 4 is 6.16 Å². The number of carbonyl (C=O) groups excluding carboxylic acids is 1. The molecule has 0 spiro atoms. The first kappa shape index (κ1) is 22.5. The lowest BCUT2D eigenvalue weighted by Gasteiger charge is -1.97. The maximum atomic E-state index is 9.88. The molecule has 0 fully saturated rings. The van der Waals surface area contributed by atoms with Crippen molar-refractivity contribution in [2.45, 2.75) is 22.3 Å². The lowest BCUT2D eigenvalue weighted by Crippen LogP contribution is -2.08. The standard InChI is InChI=1S/C3H6O5.3CH4/c4-1-7-3(6)8-2-5;;;/h4-5H,1-2H2;3*1H4. The molecular formula is C6H18O5. The first-order valence-corrected chi connectivity index (χ1v) is 1.82. The van der Waals surface area contributed by atoms with Gasteiger partial charge < -0.3 is 19.7 Å². The number of aliphatic hydroxyl groups excluding tert-OH is 2. The van der Waals surface area contributed by atoms with E-state index in [2.05, 4.69) is 9.47 Å². The van der Waals surface area contributed by atoms with Gasteiger partial charge in [0, 0.05) is 0 Å². The van der Waals surface area contributed by atoms with Gasteiger partial charge in [-0.3, -0.25) is 0 Å². The number of hydrogen-bond acceptors (Lipinski definition) is 5. The molecular weight excluding hydrogens is 152 g/mol. The highest BCUT2D eigenvalue weighted by atomic mass is 16.8. The van der Waals surface area contributed by atoms with Gasteiger partial charge in [-0.05, 0) is 0 Å². The first-order valence-electron chi connectivity index (χ1n) is 1.82. The fourth-order valence-corrected chi connectivity index (χ4v) is 0.147. The molecule has 0 saturated heterocycles. The van der Waals surface area contributed by atoms with Crippen molar-refractivity contribution in [2.24, 2.45) is 0 Å². The zero-order valence-corrected chi connectivity index (χ0v) is 4.03. The second-order valence-electron chi connectivity index (χ2n) is 0.797. The highest BCUT2D eigenvalue weighted by Gasteiger charge is 1.97. The summed E-state index contributed by atoms with van der Waals surface area (Å²) in [5.41, 5.74) is 0. The molecule has 0 aliphatic rings. The summed E-state index contributed by atoms with van der Waals surface area (Å²) in [5, 5.41) is 15.7. The number of ether oxygens (including phenoxy) is 2. The van der Waals surface area contributed by atoms with Crippen molar-refractivity contribution in [3.63, 3.8) is 0 Å². The Hall–Kier alpha value is -0.810. The molecule has 0 aliphatic heterocycles. The van der Waals surface area contributed by atoms with Crippen molar-refractivity contribution in [3.05, 3.63) is 0 Å². The molecule has 0 aliphatic carbocycles. The Morgan fingerprint density at radius 1 is 1.00 bits per heavy atom. The van der Waals surface area contributed by atoms with Crippen molar-refractivity contribution in [1.29, 1.82) is 0 Å². The molecule has 0 aromatic heterocycles. The summed E-state index contributed by atoms with van der Waals surface area (Å²) in [7, 11) is 0. The summed E-state index contributed by atoms with van der Waals surface area (Å²) in [4.78, 5) is 9.88. The fraction of sp³-hybridized carbons (Fsp3) is 0.833. The Balaban J connectivity index is -0.0000000817. The average Bonchev–Trinajstić information content (AvgIpc) is 1.68. The molecule has 0 unspecified atom stereocenters. The minimum absolute atomic E-state index is 0. The molecule has 0 atom stereocenters. The van der Waals surface area contributed by atoms with Crippen LogP contribution in [0.1, 0.15) is 22.3 Å². The molecule has 72 valence electrons.